The van der Waals surface area contributed by atoms with Crippen molar-refractivity contribution in [3.05, 3.63) is 27.6 Å². The molecule has 0 saturated heterocycles. The fraction of sp³-hybridized carbons (Fsp3) is 0.583. The first-order valence-corrected chi connectivity index (χ1v) is 9.45. The summed E-state index contributed by atoms with van der Waals surface area (Å²) in [6, 6.07) is 4.10. The van der Waals surface area contributed by atoms with Crippen molar-refractivity contribution in [3.63, 3.8) is 0 Å². The largest absolute Gasteiger partial charge is 0.413 e. The van der Waals surface area contributed by atoms with E-state index >= 15 is 0 Å². The highest BCUT2D eigenvalue weighted by Crippen LogP contribution is 2.36. The molecule has 4 heteroatoms. The van der Waals surface area contributed by atoms with Crippen molar-refractivity contribution in [2.75, 3.05) is 0 Å². The van der Waals surface area contributed by atoms with Gasteiger partial charge in [-0.15, -0.1) is 0 Å². The third-order valence-electron chi connectivity index (χ3n) is 3.19. The fourth-order valence-electron chi connectivity index (χ4n) is 0.972. The molecule has 0 atom stereocenters. The zero-order chi connectivity index (χ0) is 12.4. The van der Waals surface area contributed by atoms with E-state index in [-0.39, 0.29) is 5.04 Å². The van der Waals surface area contributed by atoms with Gasteiger partial charge < -0.3 is 4.43 Å². The summed E-state index contributed by atoms with van der Waals surface area (Å²) in [5.41, 5.74) is 1.16. The number of hydrogen-bond donors (Lipinski definition) is 0. The summed E-state index contributed by atoms with van der Waals surface area (Å²) in [5.74, 6) is 0. The minimum absolute atomic E-state index is 0.267. The van der Waals surface area contributed by atoms with E-state index in [1.54, 1.807) is 0 Å². The normalized spacial score (nSPS) is 12.9. The Kier molecular flexibility index (Phi) is 4.54. The quantitative estimate of drug-likeness (QED) is 0.463. The molecule has 2 nitrogen and oxygen atoms in total. The third kappa shape index (κ3) is 3.82. The molecule has 0 unspecified atom stereocenters. The highest BCUT2D eigenvalue weighted by molar-refractivity contribution is 14.1. The number of hydrogen-bond acceptors (Lipinski definition) is 2. The molecule has 0 fully saturated rings. The molecule has 0 bridgehead atoms. The first-order valence-electron chi connectivity index (χ1n) is 5.47. The Morgan fingerprint density at radius 3 is 2.38 bits per heavy atom. The molecular formula is C12H20INOSi. The summed E-state index contributed by atoms with van der Waals surface area (Å²) in [5, 5.41) is 0.267. The highest BCUT2D eigenvalue weighted by atomic mass is 127. The van der Waals surface area contributed by atoms with E-state index in [1.807, 2.05) is 12.3 Å². The molecule has 90 valence electrons. The molecule has 0 N–H and O–H groups in total. The van der Waals surface area contributed by atoms with Crippen LogP contribution in [-0.4, -0.2) is 13.3 Å². The Labute approximate surface area is 113 Å². The lowest BCUT2D eigenvalue weighted by Crippen LogP contribution is -2.40. The molecule has 0 aliphatic rings. The lowest BCUT2D eigenvalue weighted by atomic mass is 10.2. The van der Waals surface area contributed by atoms with E-state index in [4.69, 9.17) is 4.43 Å². The van der Waals surface area contributed by atoms with Crippen LogP contribution in [0.4, 0.5) is 0 Å². The van der Waals surface area contributed by atoms with E-state index in [0.717, 1.165) is 9.26 Å². The van der Waals surface area contributed by atoms with Gasteiger partial charge in [-0.2, -0.15) is 0 Å². The molecule has 0 amide bonds. The molecule has 1 heterocycles. The summed E-state index contributed by atoms with van der Waals surface area (Å²) in [6.45, 7) is 12.0. The van der Waals surface area contributed by atoms with Crippen LogP contribution in [0.5, 0.6) is 0 Å². The Balaban J connectivity index is 2.61. The van der Waals surface area contributed by atoms with Gasteiger partial charge in [-0.1, -0.05) is 26.8 Å². The second-order valence-corrected chi connectivity index (χ2v) is 11.5. The predicted molar refractivity (Wildman–Crippen MR) is 78.9 cm³/mol. The second kappa shape index (κ2) is 5.14. The summed E-state index contributed by atoms with van der Waals surface area (Å²) in [7, 11) is -1.63. The van der Waals surface area contributed by atoms with Gasteiger partial charge in [0.05, 0.1) is 6.61 Å². The van der Waals surface area contributed by atoms with E-state index in [0.29, 0.717) is 6.61 Å². The minimum Gasteiger partial charge on any atom is -0.413 e. The molecule has 0 aliphatic heterocycles. The van der Waals surface area contributed by atoms with E-state index in [9.17, 15) is 0 Å². The standard InChI is InChI=1S/C12H20INOSi/c1-12(2,3)16(4,5)15-9-10-6-7-11(13)14-8-10/h6-8H,9H2,1-5H3. The molecule has 1 aromatic heterocycles. The highest BCUT2D eigenvalue weighted by Gasteiger charge is 2.36. The van der Waals surface area contributed by atoms with E-state index in [1.165, 1.54) is 0 Å². The van der Waals surface area contributed by atoms with Crippen LogP contribution in [0.15, 0.2) is 18.3 Å². The lowest BCUT2D eigenvalue weighted by Gasteiger charge is -2.36. The molecule has 0 saturated carbocycles. The Morgan fingerprint density at radius 1 is 1.31 bits per heavy atom. The van der Waals surface area contributed by atoms with E-state index in [2.05, 4.69) is 67.5 Å². The first-order chi connectivity index (χ1) is 7.22. The van der Waals surface area contributed by atoms with Crippen LogP contribution >= 0.6 is 22.6 Å². The number of halogens is 1. The predicted octanol–water partition coefficient (Wildman–Crippen LogP) is 4.21. The van der Waals surface area contributed by atoms with Gasteiger partial charge in [-0.05, 0) is 52.4 Å². The van der Waals surface area contributed by atoms with Crippen molar-refractivity contribution < 1.29 is 4.43 Å². The average molecular weight is 349 g/mol. The average Bonchev–Trinajstić information content (AvgIpc) is 2.15. The van der Waals surface area contributed by atoms with Crippen molar-refractivity contribution in [1.82, 2.24) is 4.98 Å². The van der Waals surface area contributed by atoms with Gasteiger partial charge in [-0.25, -0.2) is 4.98 Å². The second-order valence-electron chi connectivity index (χ2n) is 5.54. The maximum Gasteiger partial charge on any atom is 0.192 e. The maximum absolute atomic E-state index is 6.12. The van der Waals surface area contributed by atoms with Crippen molar-refractivity contribution in [2.45, 2.75) is 45.5 Å². The van der Waals surface area contributed by atoms with Crippen LogP contribution in [0, 0.1) is 3.70 Å². The van der Waals surface area contributed by atoms with Crippen molar-refractivity contribution in [2.24, 2.45) is 0 Å². The molecule has 1 rings (SSSR count). The van der Waals surface area contributed by atoms with Crippen LogP contribution in [-0.2, 0) is 11.0 Å². The molecule has 0 radical (unpaired) electrons. The van der Waals surface area contributed by atoms with Crippen molar-refractivity contribution in [1.29, 1.82) is 0 Å². The van der Waals surface area contributed by atoms with Crippen LogP contribution in [0.3, 0.4) is 0 Å². The molecular weight excluding hydrogens is 329 g/mol. The summed E-state index contributed by atoms with van der Waals surface area (Å²) >= 11 is 2.21. The smallest absolute Gasteiger partial charge is 0.192 e. The Bertz CT molecular complexity index is 343. The summed E-state index contributed by atoms with van der Waals surface area (Å²) in [4.78, 5) is 4.26. The van der Waals surface area contributed by atoms with Gasteiger partial charge in [0.1, 0.15) is 3.70 Å². The number of pyridine rings is 1. The monoisotopic (exact) mass is 349 g/mol. The van der Waals surface area contributed by atoms with Gasteiger partial charge in [-0.3, -0.25) is 0 Å². The molecule has 16 heavy (non-hydrogen) atoms. The lowest BCUT2D eigenvalue weighted by molar-refractivity contribution is 0.276. The minimum atomic E-state index is -1.63. The molecule has 0 aliphatic carbocycles. The van der Waals surface area contributed by atoms with Gasteiger partial charge in [0, 0.05) is 6.20 Å². The Morgan fingerprint density at radius 2 is 1.94 bits per heavy atom. The van der Waals surface area contributed by atoms with Crippen LogP contribution in [0.1, 0.15) is 26.3 Å². The van der Waals surface area contributed by atoms with Gasteiger partial charge >= 0.3 is 0 Å². The number of aromatic nitrogens is 1. The topological polar surface area (TPSA) is 22.1 Å². The van der Waals surface area contributed by atoms with Crippen LogP contribution < -0.4 is 0 Å². The van der Waals surface area contributed by atoms with Crippen LogP contribution in [0.25, 0.3) is 0 Å². The van der Waals surface area contributed by atoms with Crippen molar-refractivity contribution >= 4 is 30.9 Å². The number of nitrogens with zero attached hydrogens (tertiary/aromatic N) is 1. The van der Waals surface area contributed by atoms with Gasteiger partial charge in [0.25, 0.3) is 0 Å². The van der Waals surface area contributed by atoms with Crippen LogP contribution in [0.2, 0.25) is 18.1 Å². The van der Waals surface area contributed by atoms with Crippen molar-refractivity contribution in [3.8, 4) is 0 Å². The summed E-state index contributed by atoms with van der Waals surface area (Å²) < 4.78 is 7.14. The van der Waals surface area contributed by atoms with Gasteiger partial charge in [0.2, 0.25) is 0 Å². The maximum atomic E-state index is 6.12. The summed E-state index contributed by atoms with van der Waals surface area (Å²) in [6.07, 6.45) is 1.90. The zero-order valence-electron chi connectivity index (χ0n) is 10.7. The fourth-order valence-corrected chi connectivity index (χ4v) is 2.25. The molecule has 0 spiro atoms. The number of rotatable bonds is 3. The first kappa shape index (κ1) is 14.1. The molecule has 0 aromatic carbocycles. The Hall–Kier alpha value is 0.0569. The van der Waals surface area contributed by atoms with E-state index < -0.39 is 8.32 Å². The zero-order valence-corrected chi connectivity index (χ0v) is 13.8. The third-order valence-corrected chi connectivity index (χ3v) is 8.31. The molecule has 1 aromatic rings. The van der Waals surface area contributed by atoms with Gasteiger partial charge in [0.15, 0.2) is 8.32 Å². The SMILES string of the molecule is CC(C)(C)[Si](C)(C)OCc1ccc(I)nc1.